The average Bonchev–Trinajstić information content (AvgIpc) is 2.74. The number of rotatable bonds is 3. The molecule has 0 saturated carbocycles. The Labute approximate surface area is 183 Å². The van der Waals surface area contributed by atoms with Crippen molar-refractivity contribution < 1.29 is 4.79 Å². The van der Waals surface area contributed by atoms with Crippen molar-refractivity contribution in [3.63, 3.8) is 0 Å². The molecule has 1 aromatic carbocycles. The number of hydrogen-bond donors (Lipinski definition) is 0. The van der Waals surface area contributed by atoms with Gasteiger partial charge in [-0.05, 0) is 42.5 Å². The van der Waals surface area contributed by atoms with Gasteiger partial charge in [0.2, 0.25) is 0 Å². The van der Waals surface area contributed by atoms with Gasteiger partial charge in [-0.2, -0.15) is 0 Å². The van der Waals surface area contributed by atoms with Gasteiger partial charge in [0, 0.05) is 43.0 Å². The van der Waals surface area contributed by atoms with Gasteiger partial charge < -0.3 is 9.80 Å². The zero-order valence-corrected chi connectivity index (χ0v) is 17.5. The lowest BCUT2D eigenvalue weighted by Crippen LogP contribution is -2.49. The van der Waals surface area contributed by atoms with E-state index in [4.69, 9.17) is 34.8 Å². The van der Waals surface area contributed by atoms with Gasteiger partial charge in [0.15, 0.2) is 5.82 Å². The Kier molecular flexibility index (Phi) is 5.85. The van der Waals surface area contributed by atoms with Crippen LogP contribution in [0.1, 0.15) is 10.4 Å². The lowest BCUT2D eigenvalue weighted by atomic mass is 10.1. The van der Waals surface area contributed by atoms with E-state index in [0.29, 0.717) is 47.5 Å². The van der Waals surface area contributed by atoms with E-state index in [1.165, 1.54) is 0 Å². The molecule has 0 radical (unpaired) electrons. The van der Waals surface area contributed by atoms with Gasteiger partial charge >= 0.3 is 0 Å². The van der Waals surface area contributed by atoms with Crippen molar-refractivity contribution in [2.45, 2.75) is 0 Å². The lowest BCUT2D eigenvalue weighted by Gasteiger charge is -2.35. The SMILES string of the molecule is O=C(c1cccnc1Cl)N1CCN(c2ccc(-c3ccc(Cl)cc3Cl)nn2)CC1. The van der Waals surface area contributed by atoms with E-state index >= 15 is 0 Å². The summed E-state index contributed by atoms with van der Waals surface area (Å²) in [6, 6.07) is 12.5. The second kappa shape index (κ2) is 8.53. The van der Waals surface area contributed by atoms with Crippen molar-refractivity contribution in [2.24, 2.45) is 0 Å². The molecule has 0 bridgehead atoms. The standard InChI is InChI=1S/C20H16Cl3N5O/c21-13-3-4-14(16(22)12-13)17-5-6-18(26-25-17)27-8-10-28(11-9-27)20(29)15-2-1-7-24-19(15)23/h1-7,12H,8-11H2. The lowest BCUT2D eigenvalue weighted by molar-refractivity contribution is 0.0746. The molecule has 0 spiro atoms. The molecule has 6 nitrogen and oxygen atoms in total. The topological polar surface area (TPSA) is 62.2 Å². The monoisotopic (exact) mass is 447 g/mol. The fraction of sp³-hybridized carbons (Fsp3) is 0.200. The van der Waals surface area contributed by atoms with Gasteiger partial charge in [-0.25, -0.2) is 4.98 Å². The first-order valence-corrected chi connectivity index (χ1v) is 10.1. The Morgan fingerprint density at radius 3 is 2.38 bits per heavy atom. The van der Waals surface area contributed by atoms with Crippen LogP contribution in [0.3, 0.4) is 0 Å². The maximum Gasteiger partial charge on any atom is 0.257 e. The number of hydrogen-bond acceptors (Lipinski definition) is 5. The molecule has 3 heterocycles. The predicted molar refractivity (Wildman–Crippen MR) is 115 cm³/mol. The minimum atomic E-state index is -0.110. The number of halogens is 3. The summed E-state index contributed by atoms with van der Waals surface area (Å²) >= 11 is 18.2. The molecule has 29 heavy (non-hydrogen) atoms. The Bertz CT molecular complexity index is 1040. The summed E-state index contributed by atoms with van der Waals surface area (Å²) in [7, 11) is 0. The zero-order chi connectivity index (χ0) is 20.4. The van der Waals surface area contributed by atoms with Gasteiger partial charge in [-0.15, -0.1) is 10.2 Å². The van der Waals surface area contributed by atoms with Crippen molar-refractivity contribution in [3.8, 4) is 11.3 Å². The van der Waals surface area contributed by atoms with E-state index in [-0.39, 0.29) is 11.1 Å². The molecule has 2 aromatic heterocycles. The molecule has 1 amide bonds. The van der Waals surface area contributed by atoms with Crippen LogP contribution in [-0.4, -0.2) is 52.2 Å². The van der Waals surface area contributed by atoms with Crippen LogP contribution in [-0.2, 0) is 0 Å². The summed E-state index contributed by atoms with van der Waals surface area (Å²) in [5.74, 6) is 0.645. The highest BCUT2D eigenvalue weighted by atomic mass is 35.5. The van der Waals surface area contributed by atoms with Crippen LogP contribution >= 0.6 is 34.8 Å². The number of aromatic nitrogens is 3. The average molecular weight is 449 g/mol. The van der Waals surface area contributed by atoms with E-state index < -0.39 is 0 Å². The third kappa shape index (κ3) is 4.29. The Morgan fingerprint density at radius 2 is 1.72 bits per heavy atom. The van der Waals surface area contributed by atoms with Crippen molar-refractivity contribution in [1.29, 1.82) is 0 Å². The first kappa shape index (κ1) is 19.9. The molecule has 0 atom stereocenters. The van der Waals surface area contributed by atoms with Crippen LogP contribution in [0, 0.1) is 0 Å². The summed E-state index contributed by atoms with van der Waals surface area (Å²) in [4.78, 5) is 20.5. The molecule has 9 heteroatoms. The number of pyridine rings is 1. The van der Waals surface area contributed by atoms with Crippen LogP contribution < -0.4 is 4.90 Å². The summed E-state index contributed by atoms with van der Waals surface area (Å²) in [6.07, 6.45) is 1.57. The third-order valence-electron chi connectivity index (χ3n) is 4.74. The largest absolute Gasteiger partial charge is 0.352 e. The van der Waals surface area contributed by atoms with Crippen LogP contribution in [0.4, 0.5) is 5.82 Å². The highest BCUT2D eigenvalue weighted by Gasteiger charge is 2.24. The van der Waals surface area contributed by atoms with E-state index in [9.17, 15) is 4.79 Å². The second-order valence-corrected chi connectivity index (χ2v) is 7.72. The van der Waals surface area contributed by atoms with E-state index in [1.807, 2.05) is 18.2 Å². The number of anilines is 1. The smallest absolute Gasteiger partial charge is 0.257 e. The molecule has 148 valence electrons. The van der Waals surface area contributed by atoms with Crippen molar-refractivity contribution >= 4 is 46.5 Å². The summed E-state index contributed by atoms with van der Waals surface area (Å²) in [6.45, 7) is 2.44. The molecular weight excluding hydrogens is 433 g/mol. The number of carbonyl (C=O) groups is 1. The molecule has 1 aliphatic rings. The highest BCUT2D eigenvalue weighted by molar-refractivity contribution is 6.36. The molecule has 4 rings (SSSR count). The molecule has 1 fully saturated rings. The molecule has 0 aliphatic carbocycles. The Balaban J connectivity index is 1.42. The normalized spacial score (nSPS) is 14.2. The summed E-state index contributed by atoms with van der Waals surface area (Å²) in [5.41, 5.74) is 1.88. The number of piperazine rings is 1. The summed E-state index contributed by atoms with van der Waals surface area (Å²) < 4.78 is 0. The third-order valence-corrected chi connectivity index (χ3v) is 5.59. The number of benzene rings is 1. The first-order chi connectivity index (χ1) is 14.0. The molecule has 3 aromatic rings. The minimum Gasteiger partial charge on any atom is -0.352 e. The van der Waals surface area contributed by atoms with Crippen LogP contribution in [0.25, 0.3) is 11.3 Å². The molecular formula is C20H16Cl3N5O. The van der Waals surface area contributed by atoms with Gasteiger partial charge in [0.05, 0.1) is 16.3 Å². The quantitative estimate of drug-likeness (QED) is 0.554. The van der Waals surface area contributed by atoms with Gasteiger partial charge in [0.1, 0.15) is 5.15 Å². The van der Waals surface area contributed by atoms with Gasteiger partial charge in [0.25, 0.3) is 5.91 Å². The first-order valence-electron chi connectivity index (χ1n) is 8.97. The fourth-order valence-corrected chi connectivity index (χ4v) is 3.89. The Morgan fingerprint density at radius 1 is 0.931 bits per heavy atom. The Hall–Kier alpha value is -2.41. The fourth-order valence-electron chi connectivity index (χ4n) is 3.19. The molecule has 0 unspecified atom stereocenters. The van der Waals surface area contributed by atoms with Crippen LogP contribution in [0.15, 0.2) is 48.7 Å². The zero-order valence-electron chi connectivity index (χ0n) is 15.2. The molecule has 1 saturated heterocycles. The number of nitrogens with zero attached hydrogens (tertiary/aromatic N) is 5. The minimum absolute atomic E-state index is 0.110. The van der Waals surface area contributed by atoms with E-state index in [0.717, 1.165) is 11.4 Å². The van der Waals surface area contributed by atoms with Crippen molar-refractivity contribution in [1.82, 2.24) is 20.1 Å². The predicted octanol–water partition coefficient (Wildman–Crippen LogP) is 4.46. The number of amides is 1. The van der Waals surface area contributed by atoms with Crippen LogP contribution in [0.2, 0.25) is 15.2 Å². The van der Waals surface area contributed by atoms with Gasteiger partial charge in [-0.3, -0.25) is 4.79 Å². The van der Waals surface area contributed by atoms with E-state index in [2.05, 4.69) is 20.1 Å². The van der Waals surface area contributed by atoms with Crippen molar-refractivity contribution in [2.75, 3.05) is 31.1 Å². The molecule has 1 aliphatic heterocycles. The highest BCUT2D eigenvalue weighted by Crippen LogP contribution is 2.29. The summed E-state index contributed by atoms with van der Waals surface area (Å²) in [5, 5.41) is 9.96. The van der Waals surface area contributed by atoms with Crippen LogP contribution in [0.5, 0.6) is 0 Å². The molecule has 0 N–H and O–H groups in total. The maximum atomic E-state index is 12.7. The van der Waals surface area contributed by atoms with Gasteiger partial charge in [-0.1, -0.05) is 34.8 Å². The van der Waals surface area contributed by atoms with Crippen molar-refractivity contribution in [3.05, 3.63) is 69.4 Å². The number of carbonyl (C=O) groups excluding carboxylic acids is 1. The maximum absolute atomic E-state index is 12.7. The van der Waals surface area contributed by atoms with E-state index in [1.54, 1.807) is 35.4 Å². The second-order valence-electron chi connectivity index (χ2n) is 6.52.